The summed E-state index contributed by atoms with van der Waals surface area (Å²) < 4.78 is 15.8. The molecule has 0 radical (unpaired) electrons. The first-order valence-electron chi connectivity index (χ1n) is 8.57. The molecule has 0 saturated heterocycles. The molecule has 0 aromatic rings. The van der Waals surface area contributed by atoms with E-state index in [1.54, 1.807) is 0 Å². The van der Waals surface area contributed by atoms with Gasteiger partial charge in [-0.05, 0) is 38.0 Å². The largest absolute Gasteiger partial charge is 0.466 e. The Kier molecular flexibility index (Phi) is 6.90. The fourth-order valence-corrected chi connectivity index (χ4v) is 3.54. The monoisotopic (exact) mass is 341 g/mol. The minimum absolute atomic E-state index is 0.00329. The van der Waals surface area contributed by atoms with Gasteiger partial charge in [0.25, 0.3) is 0 Å². The molecule has 2 aliphatic rings. The van der Waals surface area contributed by atoms with Crippen molar-refractivity contribution in [2.45, 2.75) is 45.3 Å². The Morgan fingerprint density at radius 3 is 2.83 bits per heavy atom. The van der Waals surface area contributed by atoms with Gasteiger partial charge >= 0.3 is 12.1 Å². The number of carbonyl (C=O) groups is 2. The number of aliphatic hydroxyl groups excluding tert-OH is 1. The van der Waals surface area contributed by atoms with Gasteiger partial charge in [0.1, 0.15) is 0 Å². The fourth-order valence-electron chi connectivity index (χ4n) is 3.54. The molecule has 2 N–H and O–H groups in total. The zero-order valence-corrected chi connectivity index (χ0v) is 14.3. The summed E-state index contributed by atoms with van der Waals surface area (Å²) in [6, 6.07) is 0. The lowest BCUT2D eigenvalue weighted by molar-refractivity contribution is -0.145. The van der Waals surface area contributed by atoms with Crippen LogP contribution >= 0.6 is 0 Å². The molecule has 4 unspecified atom stereocenters. The predicted octanol–water partition coefficient (Wildman–Crippen LogP) is 1.95. The number of aliphatic hydroxyl groups is 1. The zero-order valence-electron chi connectivity index (χ0n) is 14.3. The highest BCUT2D eigenvalue weighted by molar-refractivity contribution is 5.89. The number of hydrogen-bond donors (Lipinski definition) is 2. The molecule has 0 spiro atoms. The van der Waals surface area contributed by atoms with Crippen molar-refractivity contribution in [3.63, 3.8) is 0 Å². The van der Waals surface area contributed by atoms with E-state index < -0.39 is 12.4 Å². The van der Waals surface area contributed by atoms with Crippen molar-refractivity contribution in [1.82, 2.24) is 5.32 Å². The van der Waals surface area contributed by atoms with Crippen molar-refractivity contribution in [2.75, 3.05) is 20.3 Å². The molecule has 1 aliphatic carbocycles. The first kappa shape index (κ1) is 18.6. The molecule has 1 heterocycles. The second kappa shape index (κ2) is 8.92. The lowest BCUT2D eigenvalue weighted by atomic mass is 9.83. The van der Waals surface area contributed by atoms with E-state index in [0.29, 0.717) is 18.0 Å². The van der Waals surface area contributed by atoms with E-state index in [2.05, 4.69) is 12.2 Å². The van der Waals surface area contributed by atoms with Crippen molar-refractivity contribution in [2.24, 2.45) is 17.8 Å². The van der Waals surface area contributed by atoms with Crippen LogP contribution in [0.15, 0.2) is 11.8 Å². The van der Waals surface area contributed by atoms with Gasteiger partial charge in [0.15, 0.2) is 0 Å². The van der Waals surface area contributed by atoms with Crippen LogP contribution < -0.4 is 5.32 Å². The quantitative estimate of drug-likeness (QED) is 0.543. The molecule has 7 heteroatoms. The highest BCUT2D eigenvalue weighted by atomic mass is 16.7. The van der Waals surface area contributed by atoms with E-state index >= 15 is 0 Å². The number of esters is 1. The number of nitrogens with one attached hydrogen (secondary N) is 1. The van der Waals surface area contributed by atoms with Crippen molar-refractivity contribution in [3.05, 3.63) is 11.8 Å². The molecular formula is C17H27NO6. The smallest absolute Gasteiger partial charge is 0.410 e. The SMILES string of the molecule is COC(=O)C1=COC(OC(=O)NCCCCCO)C2C(C)CCC12. The molecule has 7 nitrogen and oxygen atoms in total. The van der Waals surface area contributed by atoms with Gasteiger partial charge in [-0.15, -0.1) is 0 Å². The van der Waals surface area contributed by atoms with Gasteiger partial charge in [-0.2, -0.15) is 0 Å². The molecule has 0 aromatic heterocycles. The zero-order chi connectivity index (χ0) is 17.5. The lowest BCUT2D eigenvalue weighted by Crippen LogP contribution is -2.41. The standard InChI is InChI=1S/C17H27NO6/c1-11-6-7-12-13(15(20)22-2)10-23-16(14(11)12)24-17(21)18-8-4-3-5-9-19/h10-12,14,16,19H,3-9H2,1-2H3,(H,18,21). The summed E-state index contributed by atoms with van der Waals surface area (Å²) in [6.07, 6.45) is 4.36. The fraction of sp³-hybridized carbons (Fsp3) is 0.765. The molecule has 1 fully saturated rings. The molecule has 1 saturated carbocycles. The first-order chi connectivity index (χ1) is 11.6. The Morgan fingerprint density at radius 1 is 1.33 bits per heavy atom. The van der Waals surface area contributed by atoms with Crippen LogP contribution in [0.25, 0.3) is 0 Å². The van der Waals surface area contributed by atoms with Crippen molar-refractivity contribution >= 4 is 12.1 Å². The maximum Gasteiger partial charge on any atom is 0.410 e. The Bertz CT molecular complexity index is 478. The first-order valence-corrected chi connectivity index (χ1v) is 8.57. The topological polar surface area (TPSA) is 94.1 Å². The Morgan fingerprint density at radius 2 is 2.12 bits per heavy atom. The molecule has 4 atom stereocenters. The van der Waals surface area contributed by atoms with Crippen LogP contribution in [-0.4, -0.2) is 43.7 Å². The third kappa shape index (κ3) is 4.41. The average Bonchev–Trinajstić information content (AvgIpc) is 2.97. The number of unbranched alkanes of at least 4 members (excludes halogenated alkanes) is 2. The summed E-state index contributed by atoms with van der Waals surface area (Å²) in [4.78, 5) is 23.8. The molecule has 1 amide bonds. The Hall–Kier alpha value is -1.76. The number of methoxy groups -OCH3 is 1. The van der Waals surface area contributed by atoms with Crippen LogP contribution in [0.3, 0.4) is 0 Å². The summed E-state index contributed by atoms with van der Waals surface area (Å²) in [5.74, 6) is -0.121. The highest BCUT2D eigenvalue weighted by Gasteiger charge is 2.47. The van der Waals surface area contributed by atoms with Crippen LogP contribution in [-0.2, 0) is 19.0 Å². The third-order valence-corrected chi connectivity index (χ3v) is 4.85. The molecule has 0 aromatic carbocycles. The number of hydrogen-bond acceptors (Lipinski definition) is 6. The van der Waals surface area contributed by atoms with Crippen LogP contribution in [0.1, 0.15) is 39.0 Å². The van der Waals surface area contributed by atoms with Crippen LogP contribution in [0.5, 0.6) is 0 Å². The van der Waals surface area contributed by atoms with Crippen molar-refractivity contribution < 1.29 is 28.9 Å². The molecule has 0 bridgehead atoms. The molecule has 24 heavy (non-hydrogen) atoms. The number of rotatable bonds is 7. The van der Waals surface area contributed by atoms with Gasteiger partial charge in [-0.3, -0.25) is 0 Å². The summed E-state index contributed by atoms with van der Waals surface area (Å²) >= 11 is 0. The number of fused-ring (bicyclic) bond motifs is 1. The van der Waals surface area contributed by atoms with Gasteiger partial charge in [0, 0.05) is 25.0 Å². The van der Waals surface area contributed by atoms with E-state index in [1.165, 1.54) is 13.4 Å². The van der Waals surface area contributed by atoms with E-state index in [9.17, 15) is 9.59 Å². The van der Waals surface area contributed by atoms with Crippen LogP contribution in [0.4, 0.5) is 4.79 Å². The Balaban J connectivity index is 1.90. The second-order valence-corrected chi connectivity index (χ2v) is 6.42. The van der Waals surface area contributed by atoms with Crippen LogP contribution in [0, 0.1) is 17.8 Å². The summed E-state index contributed by atoms with van der Waals surface area (Å²) in [6.45, 7) is 2.74. The van der Waals surface area contributed by atoms with Gasteiger partial charge in [-0.1, -0.05) is 6.92 Å². The van der Waals surface area contributed by atoms with E-state index in [1.807, 2.05) is 0 Å². The predicted molar refractivity (Wildman–Crippen MR) is 85.8 cm³/mol. The minimum Gasteiger partial charge on any atom is -0.466 e. The lowest BCUT2D eigenvalue weighted by Gasteiger charge is -2.34. The maximum atomic E-state index is 11.9. The summed E-state index contributed by atoms with van der Waals surface area (Å²) in [5, 5.41) is 11.4. The number of ether oxygens (including phenoxy) is 3. The summed E-state index contributed by atoms with van der Waals surface area (Å²) in [7, 11) is 1.35. The number of carbonyl (C=O) groups excluding carboxylic acids is 2. The van der Waals surface area contributed by atoms with Gasteiger partial charge in [0.2, 0.25) is 6.29 Å². The van der Waals surface area contributed by atoms with Gasteiger partial charge < -0.3 is 24.6 Å². The number of amides is 1. The van der Waals surface area contributed by atoms with Crippen LogP contribution in [0.2, 0.25) is 0 Å². The molecule has 2 rings (SSSR count). The van der Waals surface area contributed by atoms with E-state index in [-0.39, 0.29) is 24.4 Å². The van der Waals surface area contributed by atoms with Gasteiger partial charge in [0.05, 0.1) is 18.9 Å². The maximum absolute atomic E-state index is 11.9. The van der Waals surface area contributed by atoms with E-state index in [4.69, 9.17) is 19.3 Å². The molecule has 1 aliphatic heterocycles. The van der Waals surface area contributed by atoms with Gasteiger partial charge in [-0.25, -0.2) is 9.59 Å². The molecule has 136 valence electrons. The van der Waals surface area contributed by atoms with Crippen molar-refractivity contribution in [1.29, 1.82) is 0 Å². The summed E-state index contributed by atoms with van der Waals surface area (Å²) in [5.41, 5.74) is 0.524. The normalized spacial score (nSPS) is 28.4. The van der Waals surface area contributed by atoms with E-state index in [0.717, 1.165) is 32.1 Å². The highest BCUT2D eigenvalue weighted by Crippen LogP contribution is 2.46. The third-order valence-electron chi connectivity index (χ3n) is 4.85. The molecular weight excluding hydrogens is 314 g/mol. The average molecular weight is 341 g/mol. The number of alkyl carbamates (subject to hydrolysis) is 1. The minimum atomic E-state index is -0.682. The second-order valence-electron chi connectivity index (χ2n) is 6.42. The Labute approximate surface area is 142 Å². The van der Waals surface area contributed by atoms with Crippen molar-refractivity contribution in [3.8, 4) is 0 Å².